The Kier molecular flexibility index (Phi) is 5.73. The van der Waals surface area contributed by atoms with E-state index < -0.39 is 0 Å². The van der Waals surface area contributed by atoms with Crippen molar-refractivity contribution in [1.82, 2.24) is 10.6 Å². The Hall–Kier alpha value is -0.650. The molecular weight excluding hydrogens is 208 g/mol. The highest BCUT2D eigenvalue weighted by molar-refractivity contribution is 5.76. The summed E-state index contributed by atoms with van der Waals surface area (Å²) in [6, 6.07) is -0.163. The van der Waals surface area contributed by atoms with Crippen LogP contribution in [0.2, 0.25) is 0 Å². The number of hydrogen-bond acceptors (Lipinski definition) is 4. The zero-order valence-electron chi connectivity index (χ0n) is 10.0. The van der Waals surface area contributed by atoms with E-state index in [1.807, 2.05) is 13.8 Å². The molecule has 1 fully saturated rings. The number of aliphatic hydroxyl groups is 1. The van der Waals surface area contributed by atoms with Crippen LogP contribution in [0.4, 0.5) is 0 Å². The Bertz CT molecular complexity index is 215. The number of carbonyl (C=O) groups is 1. The minimum absolute atomic E-state index is 0.0207. The lowest BCUT2D eigenvalue weighted by molar-refractivity contribution is -0.125. The van der Waals surface area contributed by atoms with Crippen LogP contribution in [-0.2, 0) is 9.53 Å². The number of carbonyl (C=O) groups excluding carboxylic acids is 1. The first-order valence-electron chi connectivity index (χ1n) is 5.86. The highest BCUT2D eigenvalue weighted by atomic mass is 16.5. The molecule has 0 aromatic carbocycles. The van der Waals surface area contributed by atoms with E-state index in [1.165, 1.54) is 0 Å². The predicted molar refractivity (Wildman–Crippen MR) is 61.1 cm³/mol. The number of nitrogens with one attached hydrogen (secondary N) is 2. The molecule has 1 amide bonds. The van der Waals surface area contributed by atoms with Crippen LogP contribution < -0.4 is 10.6 Å². The number of hydrogen-bond donors (Lipinski definition) is 3. The number of amides is 1. The van der Waals surface area contributed by atoms with Crippen molar-refractivity contribution in [1.29, 1.82) is 0 Å². The summed E-state index contributed by atoms with van der Waals surface area (Å²) >= 11 is 0. The van der Waals surface area contributed by atoms with Crippen molar-refractivity contribution in [2.45, 2.75) is 32.4 Å². The summed E-state index contributed by atoms with van der Waals surface area (Å²) in [5.74, 6) is 0.181. The molecule has 0 aromatic rings. The molecule has 0 aliphatic carbocycles. The van der Waals surface area contributed by atoms with Crippen LogP contribution in [-0.4, -0.2) is 49.5 Å². The average molecular weight is 230 g/mol. The van der Waals surface area contributed by atoms with Crippen molar-refractivity contribution in [2.75, 3.05) is 26.3 Å². The van der Waals surface area contributed by atoms with Crippen LogP contribution in [0.1, 0.15) is 20.3 Å². The Morgan fingerprint density at radius 2 is 2.38 bits per heavy atom. The lowest BCUT2D eigenvalue weighted by Crippen LogP contribution is -2.45. The molecule has 2 atom stereocenters. The monoisotopic (exact) mass is 230 g/mol. The largest absolute Gasteiger partial charge is 0.394 e. The van der Waals surface area contributed by atoms with E-state index in [4.69, 9.17) is 9.84 Å². The van der Waals surface area contributed by atoms with Gasteiger partial charge in [-0.15, -0.1) is 0 Å². The summed E-state index contributed by atoms with van der Waals surface area (Å²) in [4.78, 5) is 11.7. The van der Waals surface area contributed by atoms with Gasteiger partial charge in [-0.3, -0.25) is 4.79 Å². The van der Waals surface area contributed by atoms with Gasteiger partial charge < -0.3 is 20.5 Å². The quantitative estimate of drug-likeness (QED) is 0.595. The summed E-state index contributed by atoms with van der Waals surface area (Å²) in [7, 11) is 0. The van der Waals surface area contributed by atoms with Crippen molar-refractivity contribution >= 4 is 5.91 Å². The van der Waals surface area contributed by atoms with Crippen LogP contribution in [0.25, 0.3) is 0 Å². The molecule has 0 radical (unpaired) electrons. The number of rotatable bonds is 5. The molecule has 1 heterocycles. The van der Waals surface area contributed by atoms with E-state index in [0.29, 0.717) is 13.0 Å². The molecule has 0 aromatic heterocycles. The molecule has 0 bridgehead atoms. The number of aliphatic hydroxyl groups excluding tert-OH is 1. The minimum Gasteiger partial charge on any atom is -0.394 e. The lowest BCUT2D eigenvalue weighted by atomic mass is 10.1. The van der Waals surface area contributed by atoms with E-state index in [0.717, 1.165) is 13.1 Å². The molecule has 1 saturated heterocycles. The Labute approximate surface area is 96.6 Å². The molecule has 5 nitrogen and oxygen atoms in total. The molecule has 3 N–H and O–H groups in total. The third-order valence-electron chi connectivity index (χ3n) is 2.77. The van der Waals surface area contributed by atoms with Crippen LogP contribution in [0.5, 0.6) is 0 Å². The fourth-order valence-electron chi connectivity index (χ4n) is 1.65. The lowest BCUT2D eigenvalue weighted by Gasteiger charge is -2.25. The second kappa shape index (κ2) is 6.83. The van der Waals surface area contributed by atoms with Crippen LogP contribution in [0.3, 0.4) is 0 Å². The number of ether oxygens (including phenoxy) is 1. The van der Waals surface area contributed by atoms with Gasteiger partial charge in [-0.25, -0.2) is 0 Å². The van der Waals surface area contributed by atoms with Crippen LogP contribution in [0, 0.1) is 5.92 Å². The molecule has 1 rings (SSSR count). The van der Waals surface area contributed by atoms with E-state index in [9.17, 15) is 4.79 Å². The van der Waals surface area contributed by atoms with E-state index in [-0.39, 0.29) is 30.6 Å². The maximum atomic E-state index is 11.7. The molecule has 0 saturated carbocycles. The van der Waals surface area contributed by atoms with E-state index >= 15 is 0 Å². The summed E-state index contributed by atoms with van der Waals surface area (Å²) in [5.41, 5.74) is 0. The normalized spacial score (nSPS) is 23.1. The molecule has 5 heteroatoms. The second-order valence-corrected chi connectivity index (χ2v) is 4.50. The van der Waals surface area contributed by atoms with Crippen LogP contribution in [0.15, 0.2) is 0 Å². The van der Waals surface area contributed by atoms with Gasteiger partial charge in [-0.05, 0) is 5.92 Å². The highest BCUT2D eigenvalue weighted by Crippen LogP contribution is 2.04. The maximum absolute atomic E-state index is 11.7. The molecule has 1 aliphatic heterocycles. The van der Waals surface area contributed by atoms with Gasteiger partial charge in [0, 0.05) is 13.1 Å². The molecule has 94 valence electrons. The average Bonchev–Trinajstić information content (AvgIpc) is 2.27. The Morgan fingerprint density at radius 3 is 2.88 bits per heavy atom. The summed E-state index contributed by atoms with van der Waals surface area (Å²) in [5, 5.41) is 15.1. The van der Waals surface area contributed by atoms with Crippen molar-refractivity contribution in [3.8, 4) is 0 Å². The molecule has 0 spiro atoms. The first-order chi connectivity index (χ1) is 7.63. The zero-order valence-corrected chi connectivity index (χ0v) is 10.0. The first kappa shape index (κ1) is 13.4. The first-order valence-corrected chi connectivity index (χ1v) is 5.86. The van der Waals surface area contributed by atoms with Gasteiger partial charge in [-0.1, -0.05) is 13.8 Å². The van der Waals surface area contributed by atoms with Gasteiger partial charge in [0.05, 0.1) is 31.8 Å². The third kappa shape index (κ3) is 4.47. The van der Waals surface area contributed by atoms with Gasteiger partial charge in [0.25, 0.3) is 0 Å². The van der Waals surface area contributed by atoms with Gasteiger partial charge in [0.2, 0.25) is 5.91 Å². The summed E-state index contributed by atoms with van der Waals surface area (Å²) < 4.78 is 5.44. The second-order valence-electron chi connectivity index (χ2n) is 4.50. The predicted octanol–water partition coefficient (Wildman–Crippen LogP) is -0.502. The van der Waals surface area contributed by atoms with Crippen molar-refractivity contribution in [3.05, 3.63) is 0 Å². The Morgan fingerprint density at radius 1 is 1.62 bits per heavy atom. The summed E-state index contributed by atoms with van der Waals surface area (Å²) in [6.45, 7) is 6.15. The summed E-state index contributed by atoms with van der Waals surface area (Å²) in [6.07, 6.45) is 0.316. The van der Waals surface area contributed by atoms with Crippen LogP contribution >= 0.6 is 0 Å². The standard InChI is InChI=1S/C11H22N2O3/c1-8(2)10(7-14)13-11(15)5-9-6-12-3-4-16-9/h8-10,12,14H,3-7H2,1-2H3,(H,13,15)/t9?,10-/m1/s1. The van der Waals surface area contributed by atoms with Gasteiger partial charge in [0.15, 0.2) is 0 Å². The zero-order chi connectivity index (χ0) is 12.0. The van der Waals surface area contributed by atoms with Crippen molar-refractivity contribution in [3.63, 3.8) is 0 Å². The molecular formula is C11H22N2O3. The van der Waals surface area contributed by atoms with Crippen molar-refractivity contribution in [2.24, 2.45) is 5.92 Å². The highest BCUT2D eigenvalue weighted by Gasteiger charge is 2.20. The molecule has 16 heavy (non-hydrogen) atoms. The molecule has 1 unspecified atom stereocenters. The fraction of sp³-hybridized carbons (Fsp3) is 0.909. The smallest absolute Gasteiger partial charge is 0.222 e. The topological polar surface area (TPSA) is 70.6 Å². The minimum atomic E-state index is -0.163. The Balaban J connectivity index is 2.28. The third-order valence-corrected chi connectivity index (χ3v) is 2.77. The molecule has 1 aliphatic rings. The SMILES string of the molecule is CC(C)[C@@H](CO)NC(=O)CC1CNCCO1. The van der Waals surface area contributed by atoms with Gasteiger partial charge in [0.1, 0.15) is 0 Å². The fourth-order valence-corrected chi connectivity index (χ4v) is 1.65. The van der Waals surface area contributed by atoms with Gasteiger partial charge in [-0.2, -0.15) is 0 Å². The van der Waals surface area contributed by atoms with E-state index in [1.54, 1.807) is 0 Å². The maximum Gasteiger partial charge on any atom is 0.222 e. The van der Waals surface area contributed by atoms with Gasteiger partial charge >= 0.3 is 0 Å². The van der Waals surface area contributed by atoms with E-state index in [2.05, 4.69) is 10.6 Å². The van der Waals surface area contributed by atoms with Crippen molar-refractivity contribution < 1.29 is 14.6 Å². The number of morpholine rings is 1.